The third kappa shape index (κ3) is 2.33. The minimum absolute atomic E-state index is 0.135. The fraction of sp³-hybridized carbons (Fsp3) is 0.400. The summed E-state index contributed by atoms with van der Waals surface area (Å²) in [4.78, 5) is 8.59. The predicted octanol–water partition coefficient (Wildman–Crippen LogP) is 1.94. The van der Waals surface area contributed by atoms with Crippen molar-refractivity contribution >= 4 is 27.4 Å². The topological polar surface area (TPSA) is 51.5 Å². The van der Waals surface area contributed by atoms with Gasteiger partial charge in [-0.25, -0.2) is 9.97 Å². The van der Waals surface area contributed by atoms with Crippen molar-refractivity contribution in [2.75, 3.05) is 19.0 Å². The molecule has 0 aromatic carbocycles. The number of hydrogen-bond acceptors (Lipinski definition) is 4. The molecule has 0 bridgehead atoms. The Labute approximate surface area is 102 Å². The van der Waals surface area contributed by atoms with Crippen molar-refractivity contribution in [2.45, 2.75) is 13.0 Å². The number of rotatable bonds is 4. The summed E-state index contributed by atoms with van der Waals surface area (Å²) in [5.41, 5.74) is 0.812. The molecule has 1 N–H and O–H groups in total. The Hall–Kier alpha value is -1.14. The van der Waals surface area contributed by atoms with Gasteiger partial charge in [-0.3, -0.25) is 0 Å². The van der Waals surface area contributed by atoms with E-state index in [1.165, 1.54) is 0 Å². The average Bonchev–Trinajstić information content (AvgIpc) is 2.73. The number of nitrogens with zero attached hydrogens (tertiary/aromatic N) is 3. The van der Waals surface area contributed by atoms with E-state index in [2.05, 4.69) is 31.2 Å². The quantitative estimate of drug-likeness (QED) is 0.932. The molecular weight excluding hydrogens is 272 g/mol. The summed E-state index contributed by atoms with van der Waals surface area (Å²) in [6, 6.07) is 0. The van der Waals surface area contributed by atoms with E-state index in [1.54, 1.807) is 13.3 Å². The Balaban J connectivity index is 2.25. The normalized spacial score (nSPS) is 12.9. The molecule has 1 atom stereocenters. The highest BCUT2D eigenvalue weighted by atomic mass is 79.9. The maximum absolute atomic E-state index is 5.17. The second kappa shape index (κ2) is 4.80. The van der Waals surface area contributed by atoms with Crippen LogP contribution in [0.5, 0.6) is 0 Å². The SMILES string of the molecule is COC(C)CNc1nc(Br)cn2ccnc12. The number of nitrogens with one attached hydrogen (secondary N) is 1. The fourth-order valence-electron chi connectivity index (χ4n) is 1.34. The van der Waals surface area contributed by atoms with Crippen LogP contribution in [0.15, 0.2) is 23.2 Å². The molecular formula is C10H13BrN4O. The van der Waals surface area contributed by atoms with Gasteiger partial charge in [0.2, 0.25) is 0 Å². The van der Waals surface area contributed by atoms with Gasteiger partial charge in [-0.2, -0.15) is 0 Å². The van der Waals surface area contributed by atoms with Gasteiger partial charge in [0.05, 0.1) is 6.10 Å². The summed E-state index contributed by atoms with van der Waals surface area (Å²) in [5.74, 6) is 0.753. The largest absolute Gasteiger partial charge is 0.380 e. The average molecular weight is 285 g/mol. The van der Waals surface area contributed by atoms with Crippen molar-refractivity contribution in [2.24, 2.45) is 0 Å². The Kier molecular flexibility index (Phi) is 3.40. The first-order valence-corrected chi connectivity index (χ1v) is 5.76. The van der Waals surface area contributed by atoms with Crippen LogP contribution in [0.2, 0.25) is 0 Å². The van der Waals surface area contributed by atoms with E-state index in [1.807, 2.05) is 23.7 Å². The Morgan fingerprint density at radius 3 is 3.19 bits per heavy atom. The van der Waals surface area contributed by atoms with Gasteiger partial charge in [-0.15, -0.1) is 0 Å². The molecule has 2 aromatic rings. The summed E-state index contributed by atoms with van der Waals surface area (Å²) in [7, 11) is 1.69. The van der Waals surface area contributed by atoms with Gasteiger partial charge in [0.1, 0.15) is 4.60 Å². The maximum Gasteiger partial charge on any atom is 0.180 e. The van der Waals surface area contributed by atoms with Crippen LogP contribution in [-0.4, -0.2) is 34.1 Å². The molecule has 0 aliphatic rings. The van der Waals surface area contributed by atoms with Crippen LogP contribution in [0.25, 0.3) is 5.65 Å². The fourth-order valence-corrected chi connectivity index (χ4v) is 1.74. The van der Waals surface area contributed by atoms with E-state index in [9.17, 15) is 0 Å². The molecule has 2 rings (SSSR count). The van der Waals surface area contributed by atoms with Crippen molar-refractivity contribution in [3.05, 3.63) is 23.2 Å². The van der Waals surface area contributed by atoms with E-state index in [0.717, 1.165) is 16.1 Å². The molecule has 0 fully saturated rings. The molecule has 6 heteroatoms. The van der Waals surface area contributed by atoms with Crippen molar-refractivity contribution in [3.8, 4) is 0 Å². The number of anilines is 1. The van der Waals surface area contributed by atoms with Crippen LogP contribution in [-0.2, 0) is 4.74 Å². The standard InChI is InChI=1S/C10H13BrN4O/c1-7(16-2)5-13-9-10-12-3-4-15(10)6-8(11)14-9/h3-4,6-7H,5H2,1-2H3,(H,13,14). The van der Waals surface area contributed by atoms with E-state index < -0.39 is 0 Å². The highest BCUT2D eigenvalue weighted by Gasteiger charge is 2.07. The van der Waals surface area contributed by atoms with Gasteiger partial charge in [0.25, 0.3) is 0 Å². The number of fused-ring (bicyclic) bond motifs is 1. The summed E-state index contributed by atoms with van der Waals surface area (Å²) in [6.45, 7) is 2.69. The number of methoxy groups -OCH3 is 1. The van der Waals surface area contributed by atoms with E-state index in [-0.39, 0.29) is 6.10 Å². The minimum atomic E-state index is 0.135. The van der Waals surface area contributed by atoms with Crippen LogP contribution >= 0.6 is 15.9 Å². The van der Waals surface area contributed by atoms with E-state index in [0.29, 0.717) is 6.54 Å². The lowest BCUT2D eigenvalue weighted by Crippen LogP contribution is -2.19. The first-order chi connectivity index (χ1) is 7.70. The highest BCUT2D eigenvalue weighted by Crippen LogP contribution is 2.16. The Bertz CT molecular complexity index is 485. The van der Waals surface area contributed by atoms with E-state index in [4.69, 9.17) is 4.74 Å². The predicted molar refractivity (Wildman–Crippen MR) is 65.6 cm³/mol. The van der Waals surface area contributed by atoms with Crippen LogP contribution in [0.4, 0.5) is 5.82 Å². The molecule has 0 aliphatic carbocycles. The lowest BCUT2D eigenvalue weighted by atomic mass is 10.4. The van der Waals surface area contributed by atoms with Crippen molar-refractivity contribution in [1.29, 1.82) is 0 Å². The van der Waals surface area contributed by atoms with Gasteiger partial charge < -0.3 is 14.5 Å². The number of aromatic nitrogens is 3. The van der Waals surface area contributed by atoms with E-state index >= 15 is 0 Å². The first kappa shape index (κ1) is 11.3. The number of imidazole rings is 1. The molecule has 0 saturated carbocycles. The zero-order chi connectivity index (χ0) is 11.5. The highest BCUT2D eigenvalue weighted by molar-refractivity contribution is 9.10. The summed E-state index contributed by atoms with van der Waals surface area (Å²) >= 11 is 3.36. The maximum atomic E-state index is 5.17. The van der Waals surface area contributed by atoms with Gasteiger partial charge in [0.15, 0.2) is 11.5 Å². The van der Waals surface area contributed by atoms with Crippen LogP contribution in [0, 0.1) is 0 Å². The zero-order valence-corrected chi connectivity index (χ0v) is 10.7. The third-order valence-electron chi connectivity index (χ3n) is 2.30. The minimum Gasteiger partial charge on any atom is -0.380 e. The summed E-state index contributed by atoms with van der Waals surface area (Å²) < 4.78 is 7.85. The number of halogens is 1. The van der Waals surface area contributed by atoms with Gasteiger partial charge in [-0.1, -0.05) is 0 Å². The number of hydrogen-bond donors (Lipinski definition) is 1. The Morgan fingerprint density at radius 2 is 2.44 bits per heavy atom. The second-order valence-corrected chi connectivity index (χ2v) is 4.31. The molecule has 86 valence electrons. The summed E-state index contributed by atoms with van der Waals surface area (Å²) in [6.07, 6.45) is 5.63. The van der Waals surface area contributed by atoms with Crippen LogP contribution in [0.3, 0.4) is 0 Å². The molecule has 0 amide bonds. The molecule has 2 aromatic heterocycles. The molecule has 0 spiro atoms. The van der Waals surface area contributed by atoms with Gasteiger partial charge >= 0.3 is 0 Å². The smallest absolute Gasteiger partial charge is 0.180 e. The van der Waals surface area contributed by atoms with Crippen LogP contribution in [0.1, 0.15) is 6.92 Å². The first-order valence-electron chi connectivity index (χ1n) is 4.96. The molecule has 0 aliphatic heterocycles. The lowest BCUT2D eigenvalue weighted by Gasteiger charge is -2.11. The van der Waals surface area contributed by atoms with Crippen molar-refractivity contribution in [3.63, 3.8) is 0 Å². The Morgan fingerprint density at radius 1 is 1.62 bits per heavy atom. The molecule has 16 heavy (non-hydrogen) atoms. The molecule has 0 saturated heterocycles. The second-order valence-electron chi connectivity index (χ2n) is 3.50. The van der Waals surface area contributed by atoms with Crippen molar-refractivity contribution in [1.82, 2.24) is 14.4 Å². The summed E-state index contributed by atoms with van der Waals surface area (Å²) in [5, 5.41) is 3.22. The number of ether oxygens (including phenoxy) is 1. The molecule has 0 radical (unpaired) electrons. The molecule has 5 nitrogen and oxygen atoms in total. The zero-order valence-electron chi connectivity index (χ0n) is 9.14. The van der Waals surface area contributed by atoms with Crippen LogP contribution < -0.4 is 5.32 Å². The third-order valence-corrected chi connectivity index (χ3v) is 2.69. The van der Waals surface area contributed by atoms with Crippen molar-refractivity contribution < 1.29 is 4.74 Å². The molecule has 1 unspecified atom stereocenters. The molecule has 2 heterocycles. The van der Waals surface area contributed by atoms with Gasteiger partial charge in [-0.05, 0) is 22.9 Å². The van der Waals surface area contributed by atoms with Gasteiger partial charge in [0, 0.05) is 32.2 Å². The monoisotopic (exact) mass is 284 g/mol. The lowest BCUT2D eigenvalue weighted by molar-refractivity contribution is 0.128.